The number of rotatable bonds is 6. The van der Waals surface area contributed by atoms with Crippen LogP contribution in [0.5, 0.6) is 0 Å². The highest BCUT2D eigenvalue weighted by molar-refractivity contribution is 5.81. The Morgan fingerprint density at radius 1 is 1.38 bits per heavy atom. The second kappa shape index (κ2) is 6.60. The summed E-state index contributed by atoms with van der Waals surface area (Å²) in [6.07, 6.45) is -4.48. The number of benzene rings is 1. The smallest absolute Gasteiger partial charge is 0.368 e. The molecule has 1 aromatic carbocycles. The second-order valence-corrected chi connectivity index (χ2v) is 5.13. The van der Waals surface area contributed by atoms with Gasteiger partial charge >= 0.3 is 6.18 Å². The molecule has 7 heteroatoms. The molecule has 0 aliphatic rings. The van der Waals surface area contributed by atoms with Crippen molar-refractivity contribution in [2.75, 3.05) is 18.0 Å². The Balaban J connectivity index is 3.26. The zero-order chi connectivity index (χ0) is 16.2. The summed E-state index contributed by atoms with van der Waals surface area (Å²) in [7, 11) is 0. The molecule has 2 N–H and O–H groups in total. The van der Waals surface area contributed by atoms with Crippen molar-refractivity contribution in [2.24, 2.45) is 11.7 Å². The third-order valence-corrected chi connectivity index (χ3v) is 2.77. The van der Waals surface area contributed by atoms with Crippen LogP contribution in [0.25, 0.3) is 0 Å². The summed E-state index contributed by atoms with van der Waals surface area (Å²) in [5, 5.41) is 0. The van der Waals surface area contributed by atoms with E-state index in [1.165, 1.54) is 11.0 Å². The first-order valence-electron chi connectivity index (χ1n) is 6.34. The lowest BCUT2D eigenvalue weighted by Crippen LogP contribution is -2.36. The van der Waals surface area contributed by atoms with Crippen LogP contribution in [0, 0.1) is 5.92 Å². The van der Waals surface area contributed by atoms with Crippen molar-refractivity contribution < 1.29 is 22.8 Å². The lowest BCUT2D eigenvalue weighted by Gasteiger charge is -2.26. The van der Waals surface area contributed by atoms with E-state index in [4.69, 9.17) is 5.73 Å². The molecule has 0 saturated carbocycles. The SMILES string of the molecule is CC(C)CN(CC(N)=O)c1ccc(C=O)c(C(F)(F)F)c1. The topological polar surface area (TPSA) is 63.4 Å². The molecule has 0 radical (unpaired) electrons. The minimum absolute atomic E-state index is 0.129. The Hall–Kier alpha value is -2.05. The number of nitrogens with two attached hydrogens (primary N) is 1. The maximum Gasteiger partial charge on any atom is 0.417 e. The fourth-order valence-electron chi connectivity index (χ4n) is 1.98. The van der Waals surface area contributed by atoms with Crippen molar-refractivity contribution in [3.8, 4) is 0 Å². The fourth-order valence-corrected chi connectivity index (χ4v) is 1.98. The maximum absolute atomic E-state index is 12.9. The van der Waals surface area contributed by atoms with Gasteiger partial charge in [-0.2, -0.15) is 13.2 Å². The number of hydrogen-bond acceptors (Lipinski definition) is 3. The Morgan fingerprint density at radius 3 is 2.43 bits per heavy atom. The average Bonchev–Trinajstić information content (AvgIpc) is 2.35. The molecule has 116 valence electrons. The highest BCUT2D eigenvalue weighted by atomic mass is 19.4. The molecule has 0 aromatic heterocycles. The molecule has 0 spiro atoms. The van der Waals surface area contributed by atoms with Crippen LogP contribution in [0.15, 0.2) is 18.2 Å². The molecule has 1 amide bonds. The molecule has 0 fully saturated rings. The molecule has 0 aliphatic carbocycles. The molecule has 0 atom stereocenters. The van der Waals surface area contributed by atoms with Gasteiger partial charge in [-0.15, -0.1) is 0 Å². The van der Waals surface area contributed by atoms with E-state index in [0.29, 0.717) is 6.54 Å². The van der Waals surface area contributed by atoms with E-state index in [0.717, 1.165) is 12.1 Å². The van der Waals surface area contributed by atoms with Crippen LogP contribution in [0.2, 0.25) is 0 Å². The Morgan fingerprint density at radius 2 is 2.00 bits per heavy atom. The van der Waals surface area contributed by atoms with Gasteiger partial charge in [0.25, 0.3) is 0 Å². The summed E-state index contributed by atoms with van der Waals surface area (Å²) < 4.78 is 38.8. The number of aldehydes is 1. The fraction of sp³-hybridized carbons (Fsp3) is 0.429. The van der Waals surface area contributed by atoms with Crippen LogP contribution >= 0.6 is 0 Å². The van der Waals surface area contributed by atoms with Gasteiger partial charge in [-0.25, -0.2) is 0 Å². The zero-order valence-electron chi connectivity index (χ0n) is 11.8. The van der Waals surface area contributed by atoms with Crippen molar-refractivity contribution in [3.63, 3.8) is 0 Å². The van der Waals surface area contributed by atoms with E-state index < -0.39 is 23.2 Å². The van der Waals surface area contributed by atoms with E-state index in [2.05, 4.69) is 0 Å². The average molecular weight is 302 g/mol. The van der Waals surface area contributed by atoms with Gasteiger partial charge in [-0.3, -0.25) is 9.59 Å². The van der Waals surface area contributed by atoms with Crippen LogP contribution in [0.3, 0.4) is 0 Å². The summed E-state index contributed by atoms with van der Waals surface area (Å²) in [6, 6.07) is 3.35. The molecule has 0 bridgehead atoms. The molecule has 0 unspecified atom stereocenters. The Bertz CT molecular complexity index is 527. The molecule has 0 saturated heterocycles. The van der Waals surface area contributed by atoms with Gasteiger partial charge in [0.15, 0.2) is 6.29 Å². The maximum atomic E-state index is 12.9. The van der Waals surface area contributed by atoms with Crippen LogP contribution < -0.4 is 10.6 Å². The zero-order valence-corrected chi connectivity index (χ0v) is 11.8. The first kappa shape index (κ1) is 17.0. The third kappa shape index (κ3) is 4.77. The summed E-state index contributed by atoms with van der Waals surface area (Å²) in [6.45, 7) is 3.94. The van der Waals surface area contributed by atoms with Crippen LogP contribution in [-0.2, 0) is 11.0 Å². The number of anilines is 1. The quantitative estimate of drug-likeness (QED) is 0.821. The van der Waals surface area contributed by atoms with E-state index in [9.17, 15) is 22.8 Å². The van der Waals surface area contributed by atoms with Crippen molar-refractivity contribution >= 4 is 17.9 Å². The standard InChI is InChI=1S/C14H17F3N2O2/c1-9(2)6-19(7-13(18)21)11-4-3-10(8-20)12(5-11)14(15,16)17/h3-5,8-9H,6-7H2,1-2H3,(H2,18,21). The largest absolute Gasteiger partial charge is 0.417 e. The van der Waals surface area contributed by atoms with Crippen molar-refractivity contribution in [1.29, 1.82) is 0 Å². The van der Waals surface area contributed by atoms with Gasteiger partial charge in [0.1, 0.15) is 0 Å². The Kier molecular flexibility index (Phi) is 5.34. The van der Waals surface area contributed by atoms with Gasteiger partial charge in [0.05, 0.1) is 12.1 Å². The summed E-state index contributed by atoms with van der Waals surface area (Å²) in [4.78, 5) is 23.3. The minimum atomic E-state index is -4.64. The molecule has 1 rings (SSSR count). The van der Waals surface area contributed by atoms with Gasteiger partial charge in [0.2, 0.25) is 5.91 Å². The first-order chi connectivity index (χ1) is 9.65. The summed E-state index contributed by atoms with van der Waals surface area (Å²) >= 11 is 0. The molecule has 0 heterocycles. The van der Waals surface area contributed by atoms with E-state index in [1.807, 2.05) is 13.8 Å². The van der Waals surface area contributed by atoms with Gasteiger partial charge < -0.3 is 10.6 Å². The molecule has 0 aliphatic heterocycles. The molecule has 21 heavy (non-hydrogen) atoms. The lowest BCUT2D eigenvalue weighted by molar-refractivity contribution is -0.137. The molecule has 4 nitrogen and oxygen atoms in total. The predicted octanol–water partition coefficient (Wildman–Crippen LogP) is 2.47. The molecular formula is C14H17F3N2O2. The van der Waals surface area contributed by atoms with E-state index in [1.54, 1.807) is 0 Å². The predicted molar refractivity (Wildman–Crippen MR) is 73.1 cm³/mol. The van der Waals surface area contributed by atoms with Crippen LogP contribution in [0.1, 0.15) is 29.8 Å². The molecule has 1 aromatic rings. The number of primary amides is 1. The van der Waals surface area contributed by atoms with Gasteiger partial charge in [-0.1, -0.05) is 13.8 Å². The van der Waals surface area contributed by atoms with Gasteiger partial charge in [-0.05, 0) is 24.1 Å². The first-order valence-corrected chi connectivity index (χ1v) is 6.34. The van der Waals surface area contributed by atoms with Crippen molar-refractivity contribution in [3.05, 3.63) is 29.3 Å². The Labute approximate surface area is 120 Å². The van der Waals surface area contributed by atoms with Crippen LogP contribution in [-0.4, -0.2) is 25.3 Å². The van der Waals surface area contributed by atoms with E-state index >= 15 is 0 Å². The van der Waals surface area contributed by atoms with Crippen LogP contribution in [0.4, 0.5) is 18.9 Å². The number of amides is 1. The monoisotopic (exact) mass is 302 g/mol. The van der Waals surface area contributed by atoms with Crippen molar-refractivity contribution in [1.82, 2.24) is 0 Å². The summed E-state index contributed by atoms with van der Waals surface area (Å²) in [5.41, 5.74) is 3.88. The summed E-state index contributed by atoms with van der Waals surface area (Å²) in [5.74, 6) is -0.506. The number of hydrogen-bond donors (Lipinski definition) is 1. The number of carbonyl (C=O) groups is 2. The minimum Gasteiger partial charge on any atom is -0.368 e. The van der Waals surface area contributed by atoms with E-state index in [-0.39, 0.29) is 24.4 Å². The van der Waals surface area contributed by atoms with Gasteiger partial charge in [0, 0.05) is 17.8 Å². The number of halogens is 3. The normalized spacial score (nSPS) is 11.5. The third-order valence-electron chi connectivity index (χ3n) is 2.77. The second-order valence-electron chi connectivity index (χ2n) is 5.13. The lowest BCUT2D eigenvalue weighted by atomic mass is 10.1. The highest BCUT2D eigenvalue weighted by Gasteiger charge is 2.34. The van der Waals surface area contributed by atoms with Crippen molar-refractivity contribution in [2.45, 2.75) is 20.0 Å². The number of carbonyl (C=O) groups excluding carboxylic acids is 2. The highest BCUT2D eigenvalue weighted by Crippen LogP contribution is 2.34. The number of nitrogens with zero attached hydrogens (tertiary/aromatic N) is 1. The number of alkyl halides is 3. The molecular weight excluding hydrogens is 285 g/mol.